The van der Waals surface area contributed by atoms with Crippen LogP contribution in [0.3, 0.4) is 0 Å². The molecule has 2 aromatic rings. The summed E-state index contributed by atoms with van der Waals surface area (Å²) in [5, 5.41) is 11.3. The number of aliphatic hydroxyl groups is 1. The molecule has 1 heterocycles. The van der Waals surface area contributed by atoms with Gasteiger partial charge in [0.1, 0.15) is 12.4 Å². The van der Waals surface area contributed by atoms with Gasteiger partial charge in [-0.15, -0.1) is 0 Å². The molecule has 2 rings (SSSR count). The Morgan fingerprint density at radius 3 is 2.89 bits per heavy atom. The maximum absolute atomic E-state index is 12.0. The van der Waals surface area contributed by atoms with Crippen molar-refractivity contribution in [3.05, 3.63) is 59.8 Å². The molecule has 0 aliphatic carbocycles. The predicted octanol–water partition coefficient (Wildman–Crippen LogP) is 1.68. The number of anilines is 1. The van der Waals surface area contributed by atoms with Gasteiger partial charge in [-0.2, -0.15) is 0 Å². The van der Waals surface area contributed by atoms with Crippen LogP contribution in [0.1, 0.15) is 15.9 Å². The molecule has 1 amide bonds. The number of amides is 1. The molecule has 94 valence electrons. The molecule has 0 saturated heterocycles. The minimum atomic E-state index is -0.244. The first-order valence-corrected chi connectivity index (χ1v) is 5.72. The number of nitrogens with zero attached hydrogens (tertiary/aromatic N) is 1. The van der Waals surface area contributed by atoms with Crippen molar-refractivity contribution in [2.45, 2.75) is 0 Å². The first-order chi connectivity index (χ1) is 9.29. The van der Waals surface area contributed by atoms with Crippen molar-refractivity contribution in [2.24, 2.45) is 0 Å². The lowest BCUT2D eigenvalue weighted by Crippen LogP contribution is -2.12. The number of nitrogens with one attached hydrogen (secondary N) is 1. The van der Waals surface area contributed by atoms with Crippen molar-refractivity contribution in [1.29, 1.82) is 0 Å². The van der Waals surface area contributed by atoms with Gasteiger partial charge in [0.2, 0.25) is 0 Å². The highest BCUT2D eigenvalue weighted by Crippen LogP contribution is 2.08. The maximum atomic E-state index is 12.0. The summed E-state index contributed by atoms with van der Waals surface area (Å²) >= 11 is 0. The lowest BCUT2D eigenvalue weighted by molar-refractivity contribution is 0.102. The van der Waals surface area contributed by atoms with Gasteiger partial charge in [-0.05, 0) is 30.3 Å². The summed E-state index contributed by atoms with van der Waals surface area (Å²) in [5.41, 5.74) is 1.18. The monoisotopic (exact) mass is 252 g/mol. The van der Waals surface area contributed by atoms with E-state index in [-0.39, 0.29) is 12.5 Å². The van der Waals surface area contributed by atoms with Crippen molar-refractivity contribution >= 4 is 11.7 Å². The highest BCUT2D eigenvalue weighted by Gasteiger charge is 2.06. The Hall–Kier alpha value is -2.64. The SMILES string of the molecule is O=C(Nc1ccccn1)c1cccc(C#CCO)c1. The number of aromatic nitrogens is 1. The molecule has 4 nitrogen and oxygen atoms in total. The molecule has 19 heavy (non-hydrogen) atoms. The lowest BCUT2D eigenvalue weighted by atomic mass is 10.1. The zero-order valence-electron chi connectivity index (χ0n) is 10.1. The molecule has 1 aromatic heterocycles. The van der Waals surface area contributed by atoms with Gasteiger partial charge in [0.15, 0.2) is 0 Å². The van der Waals surface area contributed by atoms with E-state index in [1.165, 1.54) is 0 Å². The van der Waals surface area contributed by atoms with Gasteiger partial charge < -0.3 is 10.4 Å². The van der Waals surface area contributed by atoms with Crippen LogP contribution in [0.15, 0.2) is 48.7 Å². The minimum absolute atomic E-state index is 0.204. The molecule has 0 aliphatic rings. The second-order valence-electron chi connectivity index (χ2n) is 3.71. The van der Waals surface area contributed by atoms with Gasteiger partial charge in [-0.25, -0.2) is 4.98 Å². The normalized spacial score (nSPS) is 9.32. The Kier molecular flexibility index (Phi) is 4.27. The Balaban J connectivity index is 2.15. The number of pyridine rings is 1. The van der Waals surface area contributed by atoms with Crippen molar-refractivity contribution in [2.75, 3.05) is 11.9 Å². The van der Waals surface area contributed by atoms with Crippen LogP contribution in [0, 0.1) is 11.8 Å². The average molecular weight is 252 g/mol. The number of aliphatic hydroxyl groups excluding tert-OH is 1. The van der Waals surface area contributed by atoms with Crippen LogP contribution in [0.4, 0.5) is 5.82 Å². The largest absolute Gasteiger partial charge is 0.384 e. The Morgan fingerprint density at radius 1 is 1.26 bits per heavy atom. The summed E-state index contributed by atoms with van der Waals surface area (Å²) in [4.78, 5) is 16.0. The molecular weight excluding hydrogens is 240 g/mol. The van der Waals surface area contributed by atoms with Crippen LogP contribution in [-0.2, 0) is 0 Å². The summed E-state index contributed by atoms with van der Waals surface area (Å²) in [6.45, 7) is -0.204. The fourth-order valence-electron chi connectivity index (χ4n) is 1.50. The van der Waals surface area contributed by atoms with Gasteiger partial charge in [0.05, 0.1) is 0 Å². The molecule has 0 spiro atoms. The van der Waals surface area contributed by atoms with Crippen LogP contribution in [0.2, 0.25) is 0 Å². The van der Waals surface area contributed by atoms with E-state index in [9.17, 15) is 4.79 Å². The highest BCUT2D eigenvalue weighted by atomic mass is 16.2. The first-order valence-electron chi connectivity index (χ1n) is 5.72. The standard InChI is InChI=1S/C15H12N2O2/c18-10-4-6-12-5-3-7-13(11-12)15(19)17-14-8-1-2-9-16-14/h1-3,5,7-9,11,18H,10H2,(H,16,17,19). The molecule has 0 saturated carbocycles. The van der Waals surface area contributed by atoms with E-state index < -0.39 is 0 Å². The highest BCUT2D eigenvalue weighted by molar-refractivity contribution is 6.03. The van der Waals surface area contributed by atoms with Crippen molar-refractivity contribution in [3.8, 4) is 11.8 Å². The molecule has 0 radical (unpaired) electrons. The zero-order chi connectivity index (χ0) is 13.5. The van der Waals surface area contributed by atoms with Crippen LogP contribution < -0.4 is 5.32 Å². The number of hydrogen-bond donors (Lipinski definition) is 2. The quantitative estimate of drug-likeness (QED) is 0.799. The Morgan fingerprint density at radius 2 is 2.16 bits per heavy atom. The molecule has 0 unspecified atom stereocenters. The second kappa shape index (κ2) is 6.34. The number of carbonyl (C=O) groups excluding carboxylic acids is 1. The van der Waals surface area contributed by atoms with Crippen LogP contribution in [-0.4, -0.2) is 22.6 Å². The molecule has 0 bridgehead atoms. The number of benzene rings is 1. The smallest absolute Gasteiger partial charge is 0.256 e. The second-order valence-corrected chi connectivity index (χ2v) is 3.71. The van der Waals surface area contributed by atoms with E-state index in [1.807, 2.05) is 0 Å². The van der Waals surface area contributed by atoms with Crippen LogP contribution in [0.25, 0.3) is 0 Å². The van der Waals surface area contributed by atoms with Crippen molar-refractivity contribution in [1.82, 2.24) is 4.98 Å². The fraction of sp³-hybridized carbons (Fsp3) is 0.0667. The molecule has 4 heteroatoms. The zero-order valence-corrected chi connectivity index (χ0v) is 10.1. The molecule has 2 N–H and O–H groups in total. The summed E-state index contributed by atoms with van der Waals surface area (Å²) in [6.07, 6.45) is 1.61. The van der Waals surface area contributed by atoms with Gasteiger partial charge in [0.25, 0.3) is 5.91 Å². The van der Waals surface area contributed by atoms with Gasteiger partial charge in [-0.1, -0.05) is 24.0 Å². The van der Waals surface area contributed by atoms with E-state index in [0.29, 0.717) is 16.9 Å². The summed E-state index contributed by atoms with van der Waals surface area (Å²) in [5.74, 6) is 5.55. The van der Waals surface area contributed by atoms with Gasteiger partial charge >= 0.3 is 0 Å². The van der Waals surface area contributed by atoms with Gasteiger partial charge in [-0.3, -0.25) is 4.79 Å². The summed E-state index contributed by atoms with van der Waals surface area (Å²) in [7, 11) is 0. The third-order valence-electron chi connectivity index (χ3n) is 2.34. The molecular formula is C15H12N2O2. The molecule has 0 fully saturated rings. The third-order valence-corrected chi connectivity index (χ3v) is 2.34. The number of hydrogen-bond acceptors (Lipinski definition) is 3. The topological polar surface area (TPSA) is 62.2 Å². The molecule has 0 atom stereocenters. The van der Waals surface area contributed by atoms with Crippen molar-refractivity contribution in [3.63, 3.8) is 0 Å². The van der Waals surface area contributed by atoms with Gasteiger partial charge in [0, 0.05) is 17.3 Å². The van der Waals surface area contributed by atoms with E-state index >= 15 is 0 Å². The number of carbonyl (C=O) groups is 1. The van der Waals surface area contributed by atoms with E-state index in [0.717, 1.165) is 0 Å². The average Bonchev–Trinajstić information content (AvgIpc) is 2.46. The van der Waals surface area contributed by atoms with Crippen LogP contribution >= 0.6 is 0 Å². The Labute approximate surface area is 111 Å². The van der Waals surface area contributed by atoms with E-state index in [1.54, 1.807) is 48.7 Å². The Bertz CT molecular complexity index is 627. The maximum Gasteiger partial charge on any atom is 0.256 e. The molecule has 1 aromatic carbocycles. The lowest BCUT2D eigenvalue weighted by Gasteiger charge is -2.04. The van der Waals surface area contributed by atoms with E-state index in [4.69, 9.17) is 5.11 Å². The first kappa shape index (κ1) is 12.8. The predicted molar refractivity (Wildman–Crippen MR) is 72.6 cm³/mol. The van der Waals surface area contributed by atoms with Crippen LogP contribution in [0.5, 0.6) is 0 Å². The summed E-state index contributed by atoms with van der Waals surface area (Å²) in [6, 6.07) is 12.2. The fourth-order valence-corrected chi connectivity index (χ4v) is 1.50. The minimum Gasteiger partial charge on any atom is -0.384 e. The molecule has 0 aliphatic heterocycles. The van der Waals surface area contributed by atoms with Crippen molar-refractivity contribution < 1.29 is 9.90 Å². The number of rotatable bonds is 2. The third kappa shape index (κ3) is 3.66. The van der Waals surface area contributed by atoms with E-state index in [2.05, 4.69) is 22.1 Å². The summed E-state index contributed by atoms with van der Waals surface area (Å²) < 4.78 is 0.